The third-order valence-corrected chi connectivity index (χ3v) is 2.54. The number of ether oxygens (including phenoxy) is 1. The van der Waals surface area contributed by atoms with Crippen molar-refractivity contribution in [2.24, 2.45) is 0 Å². The van der Waals surface area contributed by atoms with Crippen LogP contribution >= 0.6 is 0 Å². The number of phenols is 1. The molecule has 2 aromatic carbocycles. The summed E-state index contributed by atoms with van der Waals surface area (Å²) in [5.41, 5.74) is 1.81. The van der Waals surface area contributed by atoms with E-state index in [2.05, 4.69) is 0 Å². The van der Waals surface area contributed by atoms with Crippen molar-refractivity contribution in [3.05, 3.63) is 59.4 Å². The first-order valence-corrected chi connectivity index (χ1v) is 5.32. The van der Waals surface area contributed by atoms with E-state index in [-0.39, 0.29) is 11.6 Å². The average Bonchev–Trinajstić information content (AvgIpc) is 2.30. The van der Waals surface area contributed by atoms with Gasteiger partial charge in [-0.3, -0.25) is 0 Å². The van der Waals surface area contributed by atoms with Crippen LogP contribution in [0.4, 0.5) is 4.39 Å². The number of hydrogen-bond acceptors (Lipinski definition) is 2. The Hall–Kier alpha value is -2.03. The second-order valence-corrected chi connectivity index (χ2v) is 3.85. The van der Waals surface area contributed by atoms with E-state index in [9.17, 15) is 4.39 Å². The lowest BCUT2D eigenvalue weighted by atomic mass is 10.1. The van der Waals surface area contributed by atoms with Crippen molar-refractivity contribution in [1.29, 1.82) is 0 Å². The van der Waals surface area contributed by atoms with Gasteiger partial charge in [-0.15, -0.1) is 0 Å². The number of rotatable bonds is 3. The third kappa shape index (κ3) is 2.97. The minimum atomic E-state index is -0.240. The van der Waals surface area contributed by atoms with Crippen molar-refractivity contribution in [2.45, 2.75) is 13.5 Å². The predicted octanol–water partition coefficient (Wildman–Crippen LogP) is 3.42. The Morgan fingerprint density at radius 2 is 1.82 bits per heavy atom. The molecule has 2 nitrogen and oxygen atoms in total. The van der Waals surface area contributed by atoms with Gasteiger partial charge in [0.1, 0.15) is 23.9 Å². The number of halogens is 1. The lowest BCUT2D eigenvalue weighted by molar-refractivity contribution is 0.304. The summed E-state index contributed by atoms with van der Waals surface area (Å²) in [6, 6.07) is 11.1. The second kappa shape index (κ2) is 4.87. The van der Waals surface area contributed by atoms with Gasteiger partial charge in [-0.05, 0) is 54.4 Å². The summed E-state index contributed by atoms with van der Waals surface area (Å²) >= 11 is 0. The highest BCUT2D eigenvalue weighted by Gasteiger charge is 2.01. The molecule has 0 heterocycles. The topological polar surface area (TPSA) is 29.5 Å². The molecule has 0 unspecified atom stereocenters. The molecule has 0 atom stereocenters. The van der Waals surface area contributed by atoms with Crippen LogP contribution in [0.5, 0.6) is 11.5 Å². The molecular weight excluding hydrogens is 219 g/mol. The van der Waals surface area contributed by atoms with Gasteiger partial charge in [-0.1, -0.05) is 6.07 Å². The minimum absolute atomic E-state index is 0.204. The van der Waals surface area contributed by atoms with Gasteiger partial charge < -0.3 is 9.84 Å². The highest BCUT2D eigenvalue weighted by Crippen LogP contribution is 2.18. The van der Waals surface area contributed by atoms with E-state index in [0.717, 1.165) is 11.1 Å². The quantitative estimate of drug-likeness (QED) is 0.878. The largest absolute Gasteiger partial charge is 0.508 e. The molecule has 2 aromatic rings. The first kappa shape index (κ1) is 11.5. The van der Waals surface area contributed by atoms with Crippen LogP contribution in [0.3, 0.4) is 0 Å². The minimum Gasteiger partial charge on any atom is -0.508 e. The van der Waals surface area contributed by atoms with Crippen molar-refractivity contribution in [2.75, 3.05) is 0 Å². The molecule has 17 heavy (non-hydrogen) atoms. The Labute approximate surface area is 99.3 Å². The molecule has 0 aromatic heterocycles. The average molecular weight is 232 g/mol. The zero-order valence-corrected chi connectivity index (χ0v) is 9.48. The van der Waals surface area contributed by atoms with Gasteiger partial charge in [0.2, 0.25) is 0 Å². The molecule has 0 saturated carbocycles. The molecule has 88 valence electrons. The molecule has 0 amide bonds. The fraction of sp³-hybridized carbons (Fsp3) is 0.143. The van der Waals surface area contributed by atoms with E-state index >= 15 is 0 Å². The first-order valence-electron chi connectivity index (χ1n) is 5.32. The summed E-state index contributed by atoms with van der Waals surface area (Å²) in [7, 11) is 0. The van der Waals surface area contributed by atoms with Crippen LogP contribution in [0.25, 0.3) is 0 Å². The number of benzene rings is 2. The normalized spacial score (nSPS) is 10.2. The van der Waals surface area contributed by atoms with Crippen molar-refractivity contribution in [1.82, 2.24) is 0 Å². The molecule has 0 saturated heterocycles. The Morgan fingerprint density at radius 1 is 1.12 bits per heavy atom. The fourth-order valence-corrected chi connectivity index (χ4v) is 1.52. The van der Waals surface area contributed by atoms with Crippen molar-refractivity contribution >= 4 is 0 Å². The molecule has 0 radical (unpaired) electrons. The summed E-state index contributed by atoms with van der Waals surface area (Å²) in [6.07, 6.45) is 0. The standard InChI is InChI=1S/C14H13FO2/c1-10-8-12(15)3-2-11(10)9-17-14-6-4-13(16)5-7-14/h2-8,16H,9H2,1H3. The van der Waals surface area contributed by atoms with Gasteiger partial charge in [-0.25, -0.2) is 4.39 Å². The Balaban J connectivity index is 2.04. The van der Waals surface area contributed by atoms with Crippen LogP contribution in [0, 0.1) is 12.7 Å². The molecule has 0 bridgehead atoms. The van der Waals surface area contributed by atoms with E-state index in [1.54, 1.807) is 30.3 Å². The van der Waals surface area contributed by atoms with E-state index in [1.165, 1.54) is 12.1 Å². The number of hydrogen-bond donors (Lipinski definition) is 1. The van der Waals surface area contributed by atoms with E-state index in [4.69, 9.17) is 9.84 Å². The molecule has 0 aliphatic rings. The maximum absolute atomic E-state index is 12.9. The Kier molecular flexibility index (Phi) is 3.28. The van der Waals surface area contributed by atoms with E-state index < -0.39 is 0 Å². The molecule has 0 spiro atoms. The predicted molar refractivity (Wildman–Crippen MR) is 63.6 cm³/mol. The molecule has 0 aliphatic carbocycles. The van der Waals surface area contributed by atoms with Gasteiger partial charge in [0.15, 0.2) is 0 Å². The van der Waals surface area contributed by atoms with Crippen molar-refractivity contribution < 1.29 is 14.2 Å². The zero-order valence-electron chi connectivity index (χ0n) is 9.48. The molecular formula is C14H13FO2. The highest BCUT2D eigenvalue weighted by atomic mass is 19.1. The summed E-state index contributed by atoms with van der Waals surface area (Å²) in [4.78, 5) is 0. The third-order valence-electron chi connectivity index (χ3n) is 2.54. The van der Waals surface area contributed by atoms with E-state index in [0.29, 0.717) is 12.4 Å². The summed E-state index contributed by atoms with van der Waals surface area (Å²) in [5, 5.41) is 9.12. The van der Waals surface area contributed by atoms with Crippen LogP contribution in [-0.4, -0.2) is 5.11 Å². The van der Waals surface area contributed by atoms with Gasteiger partial charge in [0.05, 0.1) is 0 Å². The van der Waals surface area contributed by atoms with Gasteiger partial charge in [-0.2, -0.15) is 0 Å². The van der Waals surface area contributed by atoms with Crippen molar-refractivity contribution in [3.63, 3.8) is 0 Å². The zero-order chi connectivity index (χ0) is 12.3. The van der Waals surface area contributed by atoms with Crippen LogP contribution in [0.2, 0.25) is 0 Å². The molecule has 1 N–H and O–H groups in total. The van der Waals surface area contributed by atoms with Crippen LogP contribution < -0.4 is 4.74 Å². The second-order valence-electron chi connectivity index (χ2n) is 3.85. The number of phenolic OH excluding ortho intramolecular Hbond substituents is 1. The number of aromatic hydroxyl groups is 1. The van der Waals surface area contributed by atoms with Crippen molar-refractivity contribution in [3.8, 4) is 11.5 Å². The SMILES string of the molecule is Cc1cc(F)ccc1COc1ccc(O)cc1. The molecule has 2 rings (SSSR count). The summed E-state index contributed by atoms with van der Waals surface area (Å²) < 4.78 is 18.4. The smallest absolute Gasteiger partial charge is 0.123 e. The van der Waals surface area contributed by atoms with Crippen LogP contribution in [0.15, 0.2) is 42.5 Å². The Bertz CT molecular complexity index is 506. The van der Waals surface area contributed by atoms with E-state index in [1.807, 2.05) is 6.92 Å². The Morgan fingerprint density at radius 3 is 2.47 bits per heavy atom. The van der Waals surface area contributed by atoms with Crippen LogP contribution in [0.1, 0.15) is 11.1 Å². The van der Waals surface area contributed by atoms with Gasteiger partial charge in [0.25, 0.3) is 0 Å². The summed E-state index contributed by atoms with van der Waals surface area (Å²) in [6.45, 7) is 2.23. The van der Waals surface area contributed by atoms with Crippen LogP contribution in [-0.2, 0) is 6.61 Å². The maximum Gasteiger partial charge on any atom is 0.123 e. The lowest BCUT2D eigenvalue weighted by Crippen LogP contribution is -1.98. The fourth-order valence-electron chi connectivity index (χ4n) is 1.52. The highest BCUT2D eigenvalue weighted by molar-refractivity contribution is 5.31. The van der Waals surface area contributed by atoms with Gasteiger partial charge in [0, 0.05) is 0 Å². The summed E-state index contributed by atoms with van der Waals surface area (Å²) in [5.74, 6) is 0.637. The molecule has 3 heteroatoms. The number of aryl methyl sites for hydroxylation is 1. The first-order chi connectivity index (χ1) is 8.15. The lowest BCUT2D eigenvalue weighted by Gasteiger charge is -2.08. The monoisotopic (exact) mass is 232 g/mol. The molecule has 0 aliphatic heterocycles. The maximum atomic E-state index is 12.9. The van der Waals surface area contributed by atoms with Gasteiger partial charge >= 0.3 is 0 Å². The molecule has 0 fully saturated rings.